The van der Waals surface area contributed by atoms with Gasteiger partial charge < -0.3 is 14.8 Å². The van der Waals surface area contributed by atoms with Crippen molar-refractivity contribution >= 4 is 17.7 Å². The molecule has 1 saturated carbocycles. The third-order valence-electron chi connectivity index (χ3n) is 5.80. The lowest BCUT2D eigenvalue weighted by Gasteiger charge is -2.13. The molecule has 8 heteroatoms. The molecule has 1 N–H and O–H groups in total. The van der Waals surface area contributed by atoms with E-state index in [0.29, 0.717) is 19.1 Å². The van der Waals surface area contributed by atoms with E-state index in [2.05, 4.69) is 27.0 Å². The van der Waals surface area contributed by atoms with Crippen LogP contribution in [0.5, 0.6) is 11.5 Å². The highest BCUT2D eigenvalue weighted by Crippen LogP contribution is 2.41. The van der Waals surface area contributed by atoms with E-state index < -0.39 is 0 Å². The molecular formula is C25H28N4O3S. The van der Waals surface area contributed by atoms with E-state index in [1.165, 1.54) is 11.8 Å². The molecule has 2 aliphatic rings. The number of thioether (sulfide) groups is 1. The maximum absolute atomic E-state index is 12.7. The summed E-state index contributed by atoms with van der Waals surface area (Å²) < 4.78 is 13.8. The first-order valence-electron chi connectivity index (χ1n) is 11.5. The van der Waals surface area contributed by atoms with Crippen molar-refractivity contribution in [2.24, 2.45) is 0 Å². The minimum Gasteiger partial charge on any atom is -0.494 e. The zero-order chi connectivity index (χ0) is 22.8. The van der Waals surface area contributed by atoms with Gasteiger partial charge in [0.05, 0.1) is 12.4 Å². The Balaban J connectivity index is 1.25. The number of hydrogen-bond acceptors (Lipinski definition) is 6. The fourth-order valence-corrected chi connectivity index (χ4v) is 4.87. The second-order valence-electron chi connectivity index (χ2n) is 8.48. The molecule has 1 aliphatic heterocycles. The van der Waals surface area contributed by atoms with Crippen LogP contribution in [0, 0.1) is 0 Å². The molecule has 0 saturated heterocycles. The van der Waals surface area contributed by atoms with Crippen LogP contribution in [0.1, 0.15) is 49.6 Å². The van der Waals surface area contributed by atoms with Gasteiger partial charge in [-0.3, -0.25) is 9.36 Å². The number of aromatic nitrogens is 3. The highest BCUT2D eigenvalue weighted by Gasteiger charge is 2.31. The Morgan fingerprint density at radius 2 is 2.06 bits per heavy atom. The topological polar surface area (TPSA) is 78.3 Å². The van der Waals surface area contributed by atoms with Gasteiger partial charge in [-0.25, -0.2) is 0 Å². The average molecular weight is 465 g/mol. The SMILES string of the molecule is CCOc1cc2c(cc1CNC(=O)CSc1nnc(C3CC3)n1-c1ccccc1)O[C@@H](C)C2. The Kier molecular flexibility index (Phi) is 6.26. The Labute approximate surface area is 197 Å². The molecule has 172 valence electrons. The summed E-state index contributed by atoms with van der Waals surface area (Å²) in [5.74, 6) is 3.33. The van der Waals surface area contributed by atoms with Gasteiger partial charge in [0.1, 0.15) is 23.4 Å². The Morgan fingerprint density at radius 1 is 1.24 bits per heavy atom. The van der Waals surface area contributed by atoms with Crippen LogP contribution in [0.2, 0.25) is 0 Å². The normalized spacial score (nSPS) is 16.8. The zero-order valence-electron chi connectivity index (χ0n) is 18.9. The summed E-state index contributed by atoms with van der Waals surface area (Å²) in [6, 6.07) is 14.1. The van der Waals surface area contributed by atoms with Crippen molar-refractivity contribution < 1.29 is 14.3 Å². The Morgan fingerprint density at radius 3 is 2.82 bits per heavy atom. The van der Waals surface area contributed by atoms with Crippen molar-refractivity contribution in [3.05, 3.63) is 59.4 Å². The fraction of sp³-hybridized carbons (Fsp3) is 0.400. The summed E-state index contributed by atoms with van der Waals surface area (Å²) in [6.07, 6.45) is 3.32. The van der Waals surface area contributed by atoms with Gasteiger partial charge in [-0.05, 0) is 51.0 Å². The summed E-state index contributed by atoms with van der Waals surface area (Å²) >= 11 is 1.41. The molecule has 1 fully saturated rings. The van der Waals surface area contributed by atoms with E-state index in [1.807, 2.05) is 49.4 Å². The summed E-state index contributed by atoms with van der Waals surface area (Å²) in [7, 11) is 0. The molecule has 0 bridgehead atoms. The molecule has 5 rings (SSSR count). The van der Waals surface area contributed by atoms with E-state index in [-0.39, 0.29) is 17.8 Å². The summed E-state index contributed by atoms with van der Waals surface area (Å²) in [6.45, 7) is 4.98. The Bertz CT molecular complexity index is 1140. The second kappa shape index (κ2) is 9.47. The van der Waals surface area contributed by atoms with Crippen LogP contribution in [0.3, 0.4) is 0 Å². The molecule has 0 spiro atoms. The number of para-hydroxylation sites is 1. The lowest BCUT2D eigenvalue weighted by Crippen LogP contribution is -2.25. The van der Waals surface area contributed by atoms with Crippen LogP contribution in [-0.4, -0.2) is 39.1 Å². The molecule has 3 aromatic rings. The van der Waals surface area contributed by atoms with Gasteiger partial charge >= 0.3 is 0 Å². The third-order valence-corrected chi connectivity index (χ3v) is 6.73. The quantitative estimate of drug-likeness (QED) is 0.477. The molecule has 0 radical (unpaired) electrons. The maximum Gasteiger partial charge on any atom is 0.230 e. The number of nitrogens with zero attached hydrogens (tertiary/aromatic N) is 3. The van der Waals surface area contributed by atoms with Gasteiger partial charge in [-0.1, -0.05) is 30.0 Å². The van der Waals surface area contributed by atoms with Gasteiger partial charge in [-0.2, -0.15) is 0 Å². The van der Waals surface area contributed by atoms with Gasteiger partial charge in [0, 0.05) is 35.7 Å². The first kappa shape index (κ1) is 21.8. The molecule has 2 aromatic carbocycles. The van der Waals surface area contributed by atoms with Crippen LogP contribution >= 0.6 is 11.8 Å². The van der Waals surface area contributed by atoms with Crippen LogP contribution in [0.15, 0.2) is 47.6 Å². The zero-order valence-corrected chi connectivity index (χ0v) is 19.7. The highest BCUT2D eigenvalue weighted by molar-refractivity contribution is 7.99. The summed E-state index contributed by atoms with van der Waals surface area (Å²) in [5, 5.41) is 12.6. The number of ether oxygens (including phenoxy) is 2. The number of amides is 1. The number of hydrogen-bond donors (Lipinski definition) is 1. The number of carbonyl (C=O) groups excluding carboxylic acids is 1. The van der Waals surface area contributed by atoms with Crippen molar-refractivity contribution in [3.8, 4) is 17.2 Å². The molecule has 0 unspecified atom stereocenters. The van der Waals surface area contributed by atoms with E-state index in [9.17, 15) is 4.79 Å². The van der Waals surface area contributed by atoms with E-state index in [0.717, 1.165) is 58.6 Å². The van der Waals surface area contributed by atoms with Crippen molar-refractivity contribution in [3.63, 3.8) is 0 Å². The molecule has 7 nitrogen and oxygen atoms in total. The molecule has 1 amide bonds. The maximum atomic E-state index is 12.7. The number of rotatable bonds is 9. The van der Waals surface area contributed by atoms with Crippen LogP contribution in [-0.2, 0) is 17.8 Å². The van der Waals surface area contributed by atoms with Gasteiger partial charge in [0.2, 0.25) is 5.91 Å². The van der Waals surface area contributed by atoms with E-state index in [1.54, 1.807) is 0 Å². The van der Waals surface area contributed by atoms with E-state index >= 15 is 0 Å². The smallest absolute Gasteiger partial charge is 0.230 e. The van der Waals surface area contributed by atoms with Gasteiger partial charge in [-0.15, -0.1) is 10.2 Å². The molecule has 1 aromatic heterocycles. The van der Waals surface area contributed by atoms with Crippen molar-refractivity contribution in [2.75, 3.05) is 12.4 Å². The van der Waals surface area contributed by atoms with Crippen LogP contribution in [0.25, 0.3) is 5.69 Å². The summed E-state index contributed by atoms with van der Waals surface area (Å²) in [4.78, 5) is 12.7. The highest BCUT2D eigenvalue weighted by atomic mass is 32.2. The van der Waals surface area contributed by atoms with Crippen molar-refractivity contribution in [2.45, 2.75) is 56.8 Å². The average Bonchev–Trinajstić information content (AvgIpc) is 3.47. The predicted molar refractivity (Wildman–Crippen MR) is 127 cm³/mol. The number of carbonyl (C=O) groups is 1. The first-order valence-corrected chi connectivity index (χ1v) is 12.5. The molecule has 1 atom stereocenters. The van der Waals surface area contributed by atoms with Crippen molar-refractivity contribution in [1.82, 2.24) is 20.1 Å². The van der Waals surface area contributed by atoms with E-state index in [4.69, 9.17) is 9.47 Å². The standard InChI is InChI=1S/C25H28N4O3S/c1-3-31-21-12-18-11-16(2)32-22(18)13-19(21)14-26-23(30)15-33-25-28-27-24(17-9-10-17)29(25)20-7-5-4-6-8-20/h4-8,12-13,16-17H,3,9-11,14-15H2,1-2H3,(H,26,30)/t16-/m0/s1. The largest absolute Gasteiger partial charge is 0.494 e. The lowest BCUT2D eigenvalue weighted by molar-refractivity contribution is -0.118. The second-order valence-corrected chi connectivity index (χ2v) is 9.43. The van der Waals surface area contributed by atoms with Crippen LogP contribution in [0.4, 0.5) is 0 Å². The third kappa shape index (κ3) is 4.85. The molecule has 33 heavy (non-hydrogen) atoms. The number of fused-ring (bicyclic) bond motifs is 1. The van der Waals surface area contributed by atoms with Gasteiger partial charge in [0.15, 0.2) is 5.16 Å². The minimum absolute atomic E-state index is 0.0622. The number of benzene rings is 2. The Hall–Kier alpha value is -3.00. The monoisotopic (exact) mass is 464 g/mol. The molecular weight excluding hydrogens is 436 g/mol. The summed E-state index contributed by atoms with van der Waals surface area (Å²) in [5.41, 5.74) is 3.11. The van der Waals surface area contributed by atoms with Crippen LogP contribution < -0.4 is 14.8 Å². The number of nitrogens with one attached hydrogen (secondary N) is 1. The fourth-order valence-electron chi connectivity index (χ4n) is 4.08. The molecule has 1 aliphatic carbocycles. The van der Waals surface area contributed by atoms with Gasteiger partial charge in [0.25, 0.3) is 0 Å². The minimum atomic E-state index is -0.0622. The first-order chi connectivity index (χ1) is 16.1. The molecule has 2 heterocycles. The lowest BCUT2D eigenvalue weighted by atomic mass is 10.1. The predicted octanol–water partition coefficient (Wildman–Crippen LogP) is 4.28. The van der Waals surface area contributed by atoms with Crippen molar-refractivity contribution in [1.29, 1.82) is 0 Å².